The normalized spacial score (nSPS) is 11.7. The lowest BCUT2D eigenvalue weighted by Gasteiger charge is -2.20. The van der Waals surface area contributed by atoms with Crippen molar-refractivity contribution in [1.82, 2.24) is 14.9 Å². The summed E-state index contributed by atoms with van der Waals surface area (Å²) >= 11 is 0. The number of nitrogens with one attached hydrogen (secondary N) is 2. The van der Waals surface area contributed by atoms with Crippen molar-refractivity contribution >= 4 is 17.0 Å². The van der Waals surface area contributed by atoms with E-state index in [1.807, 2.05) is 0 Å². The second kappa shape index (κ2) is 6.02. The summed E-state index contributed by atoms with van der Waals surface area (Å²) in [5.74, 6) is 0.453. The quantitative estimate of drug-likeness (QED) is 0.788. The topological polar surface area (TPSA) is 44.0 Å². The van der Waals surface area contributed by atoms with E-state index in [0.29, 0.717) is 12.0 Å². The third-order valence-electron chi connectivity index (χ3n) is 3.31. The van der Waals surface area contributed by atoms with E-state index < -0.39 is 0 Å². The van der Waals surface area contributed by atoms with Gasteiger partial charge in [-0.15, -0.1) is 0 Å². The molecule has 19 heavy (non-hydrogen) atoms. The van der Waals surface area contributed by atoms with Gasteiger partial charge in [0.25, 0.3) is 0 Å². The molecule has 4 nitrogen and oxygen atoms in total. The summed E-state index contributed by atoms with van der Waals surface area (Å²) in [6.45, 7) is 6.25. The average Bonchev–Trinajstić information content (AvgIpc) is 2.75. The number of benzene rings is 1. The lowest BCUT2D eigenvalue weighted by Crippen LogP contribution is -2.28. The van der Waals surface area contributed by atoms with Crippen LogP contribution in [-0.4, -0.2) is 41.0 Å². The number of aromatic nitrogens is 2. The fourth-order valence-electron chi connectivity index (χ4n) is 1.86. The smallest absolute Gasteiger partial charge is 0.201 e. The van der Waals surface area contributed by atoms with Gasteiger partial charge in [-0.2, -0.15) is 0 Å². The van der Waals surface area contributed by atoms with Crippen LogP contribution in [0.3, 0.4) is 0 Å². The zero-order valence-corrected chi connectivity index (χ0v) is 11.7. The molecule has 0 saturated carbocycles. The Balaban J connectivity index is 1.85. The van der Waals surface area contributed by atoms with Crippen LogP contribution >= 0.6 is 0 Å². The van der Waals surface area contributed by atoms with Gasteiger partial charge in [0.05, 0.1) is 11.0 Å². The molecule has 0 spiro atoms. The molecule has 2 aromatic rings. The fourth-order valence-corrected chi connectivity index (χ4v) is 1.86. The molecule has 0 aliphatic heterocycles. The molecular weight excluding hydrogens is 243 g/mol. The number of hydrogen-bond donors (Lipinski definition) is 2. The first kappa shape index (κ1) is 13.8. The zero-order chi connectivity index (χ0) is 13.8. The predicted molar refractivity (Wildman–Crippen MR) is 76.9 cm³/mol. The summed E-state index contributed by atoms with van der Waals surface area (Å²) in [5, 5.41) is 3.23. The summed E-state index contributed by atoms with van der Waals surface area (Å²) in [4.78, 5) is 9.73. The highest BCUT2D eigenvalue weighted by Gasteiger charge is 2.04. The Morgan fingerprint density at radius 3 is 2.95 bits per heavy atom. The summed E-state index contributed by atoms with van der Waals surface area (Å²) in [7, 11) is 2.12. The number of anilines is 1. The molecule has 0 saturated heterocycles. The Bertz CT molecular complexity index is 535. The van der Waals surface area contributed by atoms with Crippen molar-refractivity contribution in [3.8, 4) is 0 Å². The second-order valence-corrected chi connectivity index (χ2v) is 5.10. The van der Waals surface area contributed by atoms with E-state index in [1.165, 1.54) is 12.1 Å². The zero-order valence-electron chi connectivity index (χ0n) is 11.7. The molecule has 0 bridgehead atoms. The van der Waals surface area contributed by atoms with E-state index in [-0.39, 0.29) is 5.82 Å². The van der Waals surface area contributed by atoms with Gasteiger partial charge < -0.3 is 15.2 Å². The van der Waals surface area contributed by atoms with Crippen LogP contribution in [0.15, 0.2) is 18.2 Å². The number of halogens is 1. The van der Waals surface area contributed by atoms with Crippen molar-refractivity contribution < 1.29 is 4.39 Å². The predicted octanol–water partition coefficient (Wildman–Crippen LogP) is 2.84. The molecule has 0 unspecified atom stereocenters. The van der Waals surface area contributed by atoms with Crippen LogP contribution in [0.4, 0.5) is 10.3 Å². The average molecular weight is 264 g/mol. The number of imidazole rings is 1. The highest BCUT2D eigenvalue weighted by atomic mass is 19.1. The Morgan fingerprint density at radius 2 is 2.21 bits per heavy atom. The van der Waals surface area contributed by atoms with Gasteiger partial charge in [-0.25, -0.2) is 9.37 Å². The minimum Gasteiger partial charge on any atom is -0.356 e. The van der Waals surface area contributed by atoms with E-state index in [2.05, 4.69) is 41.1 Å². The van der Waals surface area contributed by atoms with Gasteiger partial charge in [-0.3, -0.25) is 0 Å². The van der Waals surface area contributed by atoms with Gasteiger partial charge >= 0.3 is 0 Å². The largest absolute Gasteiger partial charge is 0.356 e. The molecule has 0 radical (unpaired) electrons. The van der Waals surface area contributed by atoms with Gasteiger partial charge in [0.2, 0.25) is 5.95 Å². The molecule has 1 aromatic carbocycles. The summed E-state index contributed by atoms with van der Waals surface area (Å²) in [5.41, 5.74) is 1.50. The minimum absolute atomic E-state index is 0.249. The number of nitrogens with zero attached hydrogens (tertiary/aromatic N) is 2. The Morgan fingerprint density at radius 1 is 1.42 bits per heavy atom. The van der Waals surface area contributed by atoms with Crippen LogP contribution in [0.25, 0.3) is 11.0 Å². The highest BCUT2D eigenvalue weighted by Crippen LogP contribution is 2.15. The molecular formula is C14H21FN4. The first-order valence-electron chi connectivity index (χ1n) is 6.65. The van der Waals surface area contributed by atoms with Gasteiger partial charge in [0.1, 0.15) is 5.82 Å². The van der Waals surface area contributed by atoms with Gasteiger partial charge in [-0.1, -0.05) is 0 Å². The van der Waals surface area contributed by atoms with Crippen LogP contribution < -0.4 is 5.32 Å². The van der Waals surface area contributed by atoms with Gasteiger partial charge in [-0.05, 0) is 52.1 Å². The van der Waals surface area contributed by atoms with Crippen molar-refractivity contribution in [1.29, 1.82) is 0 Å². The number of aromatic amines is 1. The van der Waals surface area contributed by atoms with E-state index in [0.717, 1.165) is 30.5 Å². The SMILES string of the molecule is CC(C)N(C)CCCNc1nc2ccc(F)cc2[nH]1. The third kappa shape index (κ3) is 3.67. The Hall–Kier alpha value is -1.62. The molecule has 104 valence electrons. The van der Waals surface area contributed by atoms with Crippen molar-refractivity contribution in [3.05, 3.63) is 24.0 Å². The number of hydrogen-bond acceptors (Lipinski definition) is 3. The van der Waals surface area contributed by atoms with E-state index in [4.69, 9.17) is 0 Å². The minimum atomic E-state index is -0.249. The van der Waals surface area contributed by atoms with Gasteiger partial charge in [0.15, 0.2) is 0 Å². The van der Waals surface area contributed by atoms with Crippen molar-refractivity contribution in [3.63, 3.8) is 0 Å². The lowest BCUT2D eigenvalue weighted by molar-refractivity contribution is 0.273. The van der Waals surface area contributed by atoms with Crippen LogP contribution in [0.5, 0.6) is 0 Å². The molecule has 0 amide bonds. The fraction of sp³-hybridized carbons (Fsp3) is 0.500. The molecule has 1 aromatic heterocycles. The second-order valence-electron chi connectivity index (χ2n) is 5.10. The summed E-state index contributed by atoms with van der Waals surface area (Å²) in [6.07, 6.45) is 1.04. The van der Waals surface area contributed by atoms with E-state index in [9.17, 15) is 4.39 Å². The van der Waals surface area contributed by atoms with Crippen LogP contribution in [0.2, 0.25) is 0 Å². The van der Waals surface area contributed by atoms with Crippen LogP contribution in [0.1, 0.15) is 20.3 Å². The maximum absolute atomic E-state index is 13.0. The van der Waals surface area contributed by atoms with E-state index in [1.54, 1.807) is 6.07 Å². The summed E-state index contributed by atoms with van der Waals surface area (Å²) in [6, 6.07) is 5.12. The third-order valence-corrected chi connectivity index (χ3v) is 3.31. The molecule has 0 fully saturated rings. The number of fused-ring (bicyclic) bond motifs is 1. The lowest BCUT2D eigenvalue weighted by atomic mass is 10.3. The first-order valence-corrected chi connectivity index (χ1v) is 6.65. The number of H-pyrrole nitrogens is 1. The molecule has 1 heterocycles. The van der Waals surface area contributed by atoms with Gasteiger partial charge in [0, 0.05) is 12.6 Å². The van der Waals surface area contributed by atoms with Crippen LogP contribution in [0, 0.1) is 5.82 Å². The first-order chi connectivity index (χ1) is 9.06. The molecule has 2 rings (SSSR count). The van der Waals surface area contributed by atoms with E-state index >= 15 is 0 Å². The molecule has 5 heteroatoms. The maximum atomic E-state index is 13.0. The molecule has 0 aliphatic carbocycles. The monoisotopic (exact) mass is 264 g/mol. The standard InChI is InChI=1S/C14H21FN4/c1-10(2)19(3)8-4-7-16-14-17-12-6-5-11(15)9-13(12)18-14/h5-6,9-10H,4,7-8H2,1-3H3,(H2,16,17,18). The maximum Gasteiger partial charge on any atom is 0.201 e. The summed E-state index contributed by atoms with van der Waals surface area (Å²) < 4.78 is 13.0. The van der Waals surface area contributed by atoms with Crippen molar-refractivity contribution in [2.75, 3.05) is 25.5 Å². The Kier molecular flexibility index (Phi) is 4.37. The number of rotatable bonds is 6. The molecule has 2 N–H and O–H groups in total. The Labute approximate surface area is 113 Å². The highest BCUT2D eigenvalue weighted by molar-refractivity contribution is 5.77. The molecule has 0 atom stereocenters. The van der Waals surface area contributed by atoms with Crippen LogP contribution in [-0.2, 0) is 0 Å². The van der Waals surface area contributed by atoms with Crippen molar-refractivity contribution in [2.24, 2.45) is 0 Å². The van der Waals surface area contributed by atoms with Crippen molar-refractivity contribution in [2.45, 2.75) is 26.3 Å². The molecule has 0 aliphatic rings.